The second-order valence-electron chi connectivity index (χ2n) is 5.79. The Hall–Kier alpha value is -1.59. The van der Waals surface area contributed by atoms with Crippen LogP contribution in [0.5, 0.6) is 0 Å². The van der Waals surface area contributed by atoms with Crippen molar-refractivity contribution in [1.82, 2.24) is 5.32 Å². The van der Waals surface area contributed by atoms with Crippen LogP contribution >= 0.6 is 11.6 Å². The van der Waals surface area contributed by atoms with Crippen molar-refractivity contribution in [1.29, 1.82) is 0 Å². The van der Waals surface area contributed by atoms with E-state index in [-0.39, 0.29) is 24.3 Å². The Morgan fingerprint density at radius 1 is 1.43 bits per heavy atom. The van der Waals surface area contributed by atoms with Crippen molar-refractivity contribution in [3.63, 3.8) is 0 Å². The van der Waals surface area contributed by atoms with E-state index in [2.05, 4.69) is 5.32 Å². The second-order valence-corrected chi connectivity index (χ2v) is 6.23. The lowest BCUT2D eigenvalue weighted by atomic mass is 10.1. The third-order valence-electron chi connectivity index (χ3n) is 3.96. The summed E-state index contributed by atoms with van der Waals surface area (Å²) in [5.41, 5.74) is 1.70. The summed E-state index contributed by atoms with van der Waals surface area (Å²) in [5, 5.41) is 3.44. The van der Waals surface area contributed by atoms with E-state index < -0.39 is 0 Å². The van der Waals surface area contributed by atoms with Gasteiger partial charge >= 0.3 is 0 Å². The van der Waals surface area contributed by atoms with Gasteiger partial charge in [-0.25, -0.2) is 0 Å². The van der Waals surface area contributed by atoms with E-state index in [0.29, 0.717) is 18.1 Å². The number of carbonyl (C=O) groups excluding carboxylic acids is 2. The number of rotatable bonds is 6. The SMILES string of the molecule is CC(=O)N(CCC(=O)NCC1CCCO1)c1cc(Cl)ccc1C. The highest BCUT2D eigenvalue weighted by Gasteiger charge is 2.18. The first kappa shape index (κ1) is 17.8. The van der Waals surface area contributed by atoms with Crippen LogP contribution in [0.3, 0.4) is 0 Å². The molecule has 2 amide bonds. The van der Waals surface area contributed by atoms with Crippen molar-refractivity contribution < 1.29 is 14.3 Å². The first-order valence-electron chi connectivity index (χ1n) is 7.90. The van der Waals surface area contributed by atoms with Gasteiger partial charge in [0.2, 0.25) is 11.8 Å². The molecule has 1 aromatic rings. The van der Waals surface area contributed by atoms with Gasteiger partial charge in [-0.2, -0.15) is 0 Å². The summed E-state index contributed by atoms with van der Waals surface area (Å²) in [7, 11) is 0. The Balaban J connectivity index is 1.90. The Morgan fingerprint density at radius 2 is 2.22 bits per heavy atom. The molecule has 1 atom stereocenters. The van der Waals surface area contributed by atoms with Crippen LogP contribution in [0.15, 0.2) is 18.2 Å². The zero-order valence-corrected chi connectivity index (χ0v) is 14.4. The zero-order chi connectivity index (χ0) is 16.8. The zero-order valence-electron chi connectivity index (χ0n) is 13.6. The van der Waals surface area contributed by atoms with Crippen LogP contribution in [0.4, 0.5) is 5.69 Å². The maximum Gasteiger partial charge on any atom is 0.223 e. The largest absolute Gasteiger partial charge is 0.376 e. The van der Waals surface area contributed by atoms with Gasteiger partial charge in [0.05, 0.1) is 6.10 Å². The number of hydrogen-bond acceptors (Lipinski definition) is 3. The summed E-state index contributed by atoms with van der Waals surface area (Å²) >= 11 is 6.02. The molecule has 1 N–H and O–H groups in total. The van der Waals surface area contributed by atoms with E-state index in [4.69, 9.17) is 16.3 Å². The lowest BCUT2D eigenvalue weighted by Crippen LogP contribution is -2.36. The first-order valence-corrected chi connectivity index (χ1v) is 8.27. The summed E-state index contributed by atoms with van der Waals surface area (Å²) in [6.07, 6.45) is 2.41. The number of nitrogens with zero attached hydrogens (tertiary/aromatic N) is 1. The van der Waals surface area contributed by atoms with Crippen LogP contribution in [0.2, 0.25) is 5.02 Å². The van der Waals surface area contributed by atoms with E-state index in [1.807, 2.05) is 13.0 Å². The lowest BCUT2D eigenvalue weighted by molar-refractivity contribution is -0.121. The summed E-state index contributed by atoms with van der Waals surface area (Å²) in [6.45, 7) is 5.04. The summed E-state index contributed by atoms with van der Waals surface area (Å²) in [6, 6.07) is 5.40. The van der Waals surface area contributed by atoms with E-state index in [9.17, 15) is 9.59 Å². The molecule has 0 aliphatic carbocycles. The minimum absolute atomic E-state index is 0.0774. The van der Waals surface area contributed by atoms with E-state index in [1.54, 1.807) is 17.0 Å². The first-order chi connectivity index (χ1) is 11.0. The highest BCUT2D eigenvalue weighted by molar-refractivity contribution is 6.31. The van der Waals surface area contributed by atoms with Gasteiger partial charge in [-0.3, -0.25) is 9.59 Å². The number of anilines is 1. The molecule has 6 heteroatoms. The predicted molar refractivity (Wildman–Crippen MR) is 90.8 cm³/mol. The molecule has 1 aromatic carbocycles. The molecule has 1 saturated heterocycles. The molecule has 1 aliphatic heterocycles. The standard InChI is InChI=1S/C17H23ClN2O3/c1-12-5-6-14(18)10-16(12)20(13(2)21)8-7-17(22)19-11-15-4-3-9-23-15/h5-6,10,15H,3-4,7-9,11H2,1-2H3,(H,19,22). The third kappa shape index (κ3) is 5.22. The number of benzene rings is 1. The van der Waals surface area contributed by atoms with Crippen molar-refractivity contribution >= 4 is 29.1 Å². The Bertz CT molecular complexity index is 571. The Kier molecular flexibility index (Phi) is 6.42. The smallest absolute Gasteiger partial charge is 0.223 e. The normalized spacial score (nSPS) is 17.1. The average Bonchev–Trinajstić information content (AvgIpc) is 3.02. The van der Waals surface area contributed by atoms with Gasteiger partial charge in [0.25, 0.3) is 0 Å². The number of ether oxygens (including phenoxy) is 1. The molecule has 1 aliphatic rings. The van der Waals surface area contributed by atoms with E-state index >= 15 is 0 Å². The van der Waals surface area contributed by atoms with Crippen LogP contribution in [-0.2, 0) is 14.3 Å². The fourth-order valence-electron chi connectivity index (χ4n) is 2.66. The van der Waals surface area contributed by atoms with Gasteiger partial charge in [-0.05, 0) is 37.5 Å². The number of halogens is 1. The van der Waals surface area contributed by atoms with E-state index in [0.717, 1.165) is 30.7 Å². The van der Waals surface area contributed by atoms with Crippen LogP contribution in [-0.4, -0.2) is 37.6 Å². The highest BCUT2D eigenvalue weighted by Crippen LogP contribution is 2.24. The van der Waals surface area contributed by atoms with Gasteiger partial charge in [-0.15, -0.1) is 0 Å². The molecule has 0 saturated carbocycles. The monoisotopic (exact) mass is 338 g/mol. The summed E-state index contributed by atoms with van der Waals surface area (Å²) in [5.74, 6) is -0.186. The molecule has 5 nitrogen and oxygen atoms in total. The topological polar surface area (TPSA) is 58.6 Å². The minimum Gasteiger partial charge on any atom is -0.376 e. The van der Waals surface area contributed by atoms with Crippen molar-refractivity contribution in [3.05, 3.63) is 28.8 Å². The molecule has 2 rings (SSSR count). The molecule has 23 heavy (non-hydrogen) atoms. The Labute approximate surface area is 141 Å². The number of hydrogen-bond donors (Lipinski definition) is 1. The predicted octanol–water partition coefficient (Wildman–Crippen LogP) is 2.69. The molecule has 126 valence electrons. The van der Waals surface area contributed by atoms with Gasteiger partial charge in [0.1, 0.15) is 0 Å². The van der Waals surface area contributed by atoms with Crippen LogP contribution in [0.1, 0.15) is 31.7 Å². The maximum absolute atomic E-state index is 12.0. The van der Waals surface area contributed by atoms with Crippen LogP contribution in [0.25, 0.3) is 0 Å². The van der Waals surface area contributed by atoms with Gasteiger partial charge in [-0.1, -0.05) is 17.7 Å². The molecule has 1 unspecified atom stereocenters. The fraction of sp³-hybridized carbons (Fsp3) is 0.529. The number of aryl methyl sites for hydroxylation is 1. The van der Waals surface area contributed by atoms with Gasteiger partial charge < -0.3 is 15.0 Å². The number of amides is 2. The van der Waals surface area contributed by atoms with Crippen molar-refractivity contribution in [2.45, 2.75) is 39.2 Å². The van der Waals surface area contributed by atoms with Crippen molar-refractivity contribution in [2.75, 3.05) is 24.6 Å². The van der Waals surface area contributed by atoms with Gasteiger partial charge in [0.15, 0.2) is 0 Å². The molecule has 0 bridgehead atoms. The second kappa shape index (κ2) is 8.31. The Morgan fingerprint density at radius 3 is 2.87 bits per heavy atom. The maximum atomic E-state index is 12.0. The van der Waals surface area contributed by atoms with Crippen molar-refractivity contribution in [2.24, 2.45) is 0 Å². The van der Waals surface area contributed by atoms with Crippen LogP contribution < -0.4 is 10.2 Å². The highest BCUT2D eigenvalue weighted by atomic mass is 35.5. The fourth-order valence-corrected chi connectivity index (χ4v) is 2.82. The summed E-state index contributed by atoms with van der Waals surface area (Å²) < 4.78 is 5.47. The molecule has 1 fully saturated rings. The van der Waals surface area contributed by atoms with E-state index in [1.165, 1.54) is 6.92 Å². The minimum atomic E-state index is -0.109. The summed E-state index contributed by atoms with van der Waals surface area (Å²) in [4.78, 5) is 25.5. The molecule has 0 radical (unpaired) electrons. The van der Waals surface area contributed by atoms with Gasteiger partial charge in [0, 0.05) is 43.8 Å². The average molecular weight is 339 g/mol. The lowest BCUT2D eigenvalue weighted by Gasteiger charge is -2.23. The molecular weight excluding hydrogens is 316 g/mol. The van der Waals surface area contributed by atoms with Crippen LogP contribution in [0, 0.1) is 6.92 Å². The van der Waals surface area contributed by atoms with Crippen molar-refractivity contribution in [3.8, 4) is 0 Å². The molecular formula is C17H23ClN2O3. The number of nitrogens with one attached hydrogen (secondary N) is 1. The molecule has 1 heterocycles. The quantitative estimate of drug-likeness (QED) is 0.867. The molecule has 0 spiro atoms. The number of carbonyl (C=O) groups is 2. The third-order valence-corrected chi connectivity index (χ3v) is 4.19. The molecule has 0 aromatic heterocycles.